The van der Waals surface area contributed by atoms with Crippen LogP contribution in [0.25, 0.3) is 0 Å². The van der Waals surface area contributed by atoms with Crippen LogP contribution < -0.4 is 10.2 Å². The smallest absolute Gasteiger partial charge is 0.133 e. The van der Waals surface area contributed by atoms with Crippen molar-refractivity contribution in [3.63, 3.8) is 0 Å². The summed E-state index contributed by atoms with van der Waals surface area (Å²) in [6, 6.07) is 4.60. The molecule has 4 nitrogen and oxygen atoms in total. The van der Waals surface area contributed by atoms with E-state index >= 15 is 0 Å². The maximum absolute atomic E-state index is 4.64. The van der Waals surface area contributed by atoms with Crippen molar-refractivity contribution in [2.24, 2.45) is 0 Å². The second-order valence-corrected chi connectivity index (χ2v) is 5.52. The highest BCUT2D eigenvalue weighted by Crippen LogP contribution is 2.24. The minimum Gasteiger partial charge on any atom is -0.354 e. The fourth-order valence-corrected chi connectivity index (χ4v) is 2.93. The Hall–Kier alpha value is -1.13. The van der Waals surface area contributed by atoms with Crippen molar-refractivity contribution in [1.82, 2.24) is 15.2 Å². The van der Waals surface area contributed by atoms with E-state index in [0.717, 1.165) is 38.5 Å². The number of nitrogens with one attached hydrogen (secondary N) is 1. The Morgan fingerprint density at radius 1 is 1.25 bits per heavy atom. The summed E-state index contributed by atoms with van der Waals surface area (Å²) >= 11 is 0. The average molecular weight is 276 g/mol. The van der Waals surface area contributed by atoms with Crippen molar-refractivity contribution in [3.05, 3.63) is 23.9 Å². The topological polar surface area (TPSA) is 31.4 Å². The molecule has 0 aromatic carbocycles. The van der Waals surface area contributed by atoms with Crippen LogP contribution in [-0.4, -0.2) is 49.2 Å². The lowest BCUT2D eigenvalue weighted by Gasteiger charge is -2.36. The molecule has 0 spiro atoms. The van der Waals surface area contributed by atoms with Crippen molar-refractivity contribution in [2.75, 3.05) is 44.2 Å². The van der Waals surface area contributed by atoms with Gasteiger partial charge in [0.2, 0.25) is 0 Å². The van der Waals surface area contributed by atoms with Crippen LogP contribution in [0.2, 0.25) is 0 Å². The second kappa shape index (κ2) is 7.60. The molecule has 0 saturated carbocycles. The van der Waals surface area contributed by atoms with E-state index in [1.807, 2.05) is 12.3 Å². The van der Waals surface area contributed by atoms with E-state index in [2.05, 4.69) is 46.9 Å². The predicted octanol–water partition coefficient (Wildman–Crippen LogP) is 2.28. The van der Waals surface area contributed by atoms with E-state index in [0.29, 0.717) is 6.04 Å². The minimum atomic E-state index is 0.359. The van der Waals surface area contributed by atoms with E-state index in [9.17, 15) is 0 Å². The summed E-state index contributed by atoms with van der Waals surface area (Å²) in [5.74, 6) is 1.16. The molecule has 2 heterocycles. The quantitative estimate of drug-likeness (QED) is 0.864. The summed E-state index contributed by atoms with van der Waals surface area (Å²) in [5, 5.41) is 3.49. The van der Waals surface area contributed by atoms with Crippen LogP contribution in [0, 0.1) is 0 Å². The Morgan fingerprint density at radius 3 is 2.65 bits per heavy atom. The lowest BCUT2D eigenvalue weighted by Crippen LogP contribution is -2.47. The molecule has 4 heteroatoms. The Bertz CT molecular complexity index is 399. The minimum absolute atomic E-state index is 0.359. The average Bonchev–Trinajstić information content (AvgIpc) is 2.49. The molecule has 0 radical (unpaired) electrons. The summed E-state index contributed by atoms with van der Waals surface area (Å²) in [5.41, 5.74) is 1.32. The van der Waals surface area contributed by atoms with Gasteiger partial charge in [-0.3, -0.25) is 4.90 Å². The highest BCUT2D eigenvalue weighted by Gasteiger charge is 2.21. The lowest BCUT2D eigenvalue weighted by molar-refractivity contribution is 0.257. The van der Waals surface area contributed by atoms with Crippen LogP contribution in [0.1, 0.15) is 38.8 Å². The van der Waals surface area contributed by atoms with Gasteiger partial charge in [-0.1, -0.05) is 19.9 Å². The van der Waals surface area contributed by atoms with Crippen molar-refractivity contribution in [3.8, 4) is 0 Å². The number of nitrogens with zero attached hydrogens (tertiary/aromatic N) is 3. The fourth-order valence-electron chi connectivity index (χ4n) is 2.93. The zero-order valence-corrected chi connectivity index (χ0v) is 13.1. The number of anilines is 1. The SMILES string of the molecule is CCCN1CCN(c2ncccc2C(C)NCC)CC1. The van der Waals surface area contributed by atoms with E-state index in [-0.39, 0.29) is 0 Å². The second-order valence-electron chi connectivity index (χ2n) is 5.52. The number of aromatic nitrogens is 1. The number of pyridine rings is 1. The molecule has 1 saturated heterocycles. The fraction of sp³-hybridized carbons (Fsp3) is 0.688. The molecule has 0 amide bonds. The van der Waals surface area contributed by atoms with Gasteiger partial charge in [0.15, 0.2) is 0 Å². The molecule has 1 N–H and O–H groups in total. The summed E-state index contributed by atoms with van der Waals surface area (Å²) in [4.78, 5) is 9.63. The monoisotopic (exact) mass is 276 g/mol. The van der Waals surface area contributed by atoms with Gasteiger partial charge >= 0.3 is 0 Å². The van der Waals surface area contributed by atoms with E-state index in [1.165, 1.54) is 18.5 Å². The van der Waals surface area contributed by atoms with Gasteiger partial charge in [-0.2, -0.15) is 0 Å². The van der Waals surface area contributed by atoms with Gasteiger partial charge in [-0.15, -0.1) is 0 Å². The van der Waals surface area contributed by atoms with Crippen LogP contribution in [0.3, 0.4) is 0 Å². The highest BCUT2D eigenvalue weighted by molar-refractivity contribution is 5.48. The van der Waals surface area contributed by atoms with Crippen LogP contribution >= 0.6 is 0 Å². The van der Waals surface area contributed by atoms with Gasteiger partial charge in [0.1, 0.15) is 5.82 Å². The van der Waals surface area contributed by atoms with E-state index in [1.54, 1.807) is 0 Å². The third-order valence-electron chi connectivity index (χ3n) is 4.01. The molecule has 1 aromatic rings. The molecule has 2 rings (SSSR count). The number of rotatable bonds is 6. The molecule has 0 bridgehead atoms. The first-order valence-electron chi connectivity index (χ1n) is 7.91. The zero-order chi connectivity index (χ0) is 14.4. The van der Waals surface area contributed by atoms with Gasteiger partial charge in [-0.05, 0) is 32.5 Å². The van der Waals surface area contributed by atoms with E-state index in [4.69, 9.17) is 0 Å². The van der Waals surface area contributed by atoms with Crippen molar-refractivity contribution in [2.45, 2.75) is 33.2 Å². The van der Waals surface area contributed by atoms with Crippen molar-refractivity contribution < 1.29 is 0 Å². The van der Waals surface area contributed by atoms with Gasteiger partial charge in [-0.25, -0.2) is 4.98 Å². The van der Waals surface area contributed by atoms with Gasteiger partial charge in [0.25, 0.3) is 0 Å². The first-order valence-corrected chi connectivity index (χ1v) is 7.91. The van der Waals surface area contributed by atoms with Crippen LogP contribution in [0.15, 0.2) is 18.3 Å². The zero-order valence-electron chi connectivity index (χ0n) is 13.1. The molecule has 1 fully saturated rings. The first-order chi connectivity index (χ1) is 9.76. The third kappa shape index (κ3) is 3.70. The molecule has 20 heavy (non-hydrogen) atoms. The van der Waals surface area contributed by atoms with Gasteiger partial charge in [0, 0.05) is 44.0 Å². The number of piperazine rings is 1. The summed E-state index contributed by atoms with van der Waals surface area (Å²) < 4.78 is 0. The Labute approximate surface area is 123 Å². The summed E-state index contributed by atoms with van der Waals surface area (Å²) in [6.45, 7) is 13.3. The van der Waals surface area contributed by atoms with E-state index < -0.39 is 0 Å². The van der Waals surface area contributed by atoms with Crippen molar-refractivity contribution in [1.29, 1.82) is 0 Å². The van der Waals surface area contributed by atoms with Crippen LogP contribution in [-0.2, 0) is 0 Å². The highest BCUT2D eigenvalue weighted by atomic mass is 15.3. The number of hydrogen-bond donors (Lipinski definition) is 1. The molecule has 1 unspecified atom stereocenters. The lowest BCUT2D eigenvalue weighted by atomic mass is 10.1. The Kier molecular flexibility index (Phi) is 5.80. The van der Waals surface area contributed by atoms with Crippen LogP contribution in [0.5, 0.6) is 0 Å². The molecular formula is C16H28N4. The van der Waals surface area contributed by atoms with Crippen molar-refractivity contribution >= 4 is 5.82 Å². The molecule has 1 aliphatic heterocycles. The molecule has 1 aliphatic rings. The molecule has 112 valence electrons. The Morgan fingerprint density at radius 2 is 2.00 bits per heavy atom. The normalized spacial score (nSPS) is 18.2. The number of hydrogen-bond acceptors (Lipinski definition) is 4. The largest absolute Gasteiger partial charge is 0.354 e. The molecule has 1 atom stereocenters. The summed E-state index contributed by atoms with van der Waals surface area (Å²) in [7, 11) is 0. The van der Waals surface area contributed by atoms with Gasteiger partial charge < -0.3 is 10.2 Å². The first kappa shape index (κ1) is 15.3. The molecule has 0 aliphatic carbocycles. The molecule has 1 aromatic heterocycles. The maximum atomic E-state index is 4.64. The summed E-state index contributed by atoms with van der Waals surface area (Å²) in [6.07, 6.45) is 3.15. The Balaban J connectivity index is 2.06. The standard InChI is InChI=1S/C16H28N4/c1-4-9-19-10-12-20(13-11-19)16-15(7-6-8-18-16)14(3)17-5-2/h6-8,14,17H,4-5,9-13H2,1-3H3. The molecular weight excluding hydrogens is 248 g/mol. The van der Waals surface area contributed by atoms with Crippen LogP contribution in [0.4, 0.5) is 5.82 Å². The maximum Gasteiger partial charge on any atom is 0.133 e. The van der Waals surface area contributed by atoms with Gasteiger partial charge in [0.05, 0.1) is 0 Å². The predicted molar refractivity (Wildman–Crippen MR) is 85.3 cm³/mol. The third-order valence-corrected chi connectivity index (χ3v) is 4.01.